The Morgan fingerprint density at radius 1 is 0.848 bits per heavy atom. The molecule has 0 saturated heterocycles. The number of esters is 1. The largest absolute Gasteiger partial charge is 0.481 e. The van der Waals surface area contributed by atoms with Gasteiger partial charge < -0.3 is 20.5 Å². The highest BCUT2D eigenvalue weighted by Gasteiger charge is 2.66. The van der Waals surface area contributed by atoms with Crippen molar-refractivity contribution in [3.05, 3.63) is 35.9 Å². The van der Waals surface area contributed by atoms with E-state index in [1.54, 1.807) is 13.8 Å². The molecule has 2 amide bonds. The Bertz CT molecular complexity index is 1330. The van der Waals surface area contributed by atoms with Crippen molar-refractivity contribution in [2.45, 2.75) is 137 Å². The molecule has 0 aromatic heterocycles. The van der Waals surface area contributed by atoms with Crippen molar-refractivity contribution in [3.63, 3.8) is 0 Å². The number of ether oxygens (including phenoxy) is 1. The van der Waals surface area contributed by atoms with E-state index in [-0.39, 0.29) is 46.3 Å². The Hall–Kier alpha value is -2.57. The zero-order valence-electron chi connectivity index (χ0n) is 29.1. The molecule has 1 aromatic carbocycles. The van der Waals surface area contributed by atoms with Gasteiger partial charge in [0, 0.05) is 17.5 Å². The minimum absolute atomic E-state index is 0.0201. The summed E-state index contributed by atoms with van der Waals surface area (Å²) < 4.78 is 6.12. The van der Waals surface area contributed by atoms with Gasteiger partial charge in [-0.15, -0.1) is 0 Å². The fourth-order valence-electron chi connectivity index (χ4n) is 12.3. The van der Waals surface area contributed by atoms with E-state index in [0.29, 0.717) is 36.1 Å². The Labute approximate surface area is 276 Å². The van der Waals surface area contributed by atoms with Crippen LogP contribution in [0.25, 0.3) is 0 Å². The van der Waals surface area contributed by atoms with Crippen LogP contribution >= 0.6 is 0 Å². The molecule has 3 N–H and O–H groups in total. The summed E-state index contributed by atoms with van der Waals surface area (Å²) in [7, 11) is 0. The lowest BCUT2D eigenvalue weighted by Gasteiger charge is -2.69. The number of hydrogen-bond acceptors (Lipinski definition) is 4. The number of rotatable bonds is 7. The van der Waals surface area contributed by atoms with Crippen molar-refractivity contribution < 1.29 is 24.2 Å². The van der Waals surface area contributed by atoms with Crippen LogP contribution in [0.5, 0.6) is 0 Å². The number of amides is 2. The first-order chi connectivity index (χ1) is 21.6. The summed E-state index contributed by atoms with van der Waals surface area (Å²) >= 11 is 0. The third-order valence-corrected chi connectivity index (χ3v) is 14.5. The molecular weight excluding hydrogens is 576 g/mol. The van der Waals surface area contributed by atoms with E-state index in [1.165, 1.54) is 38.5 Å². The summed E-state index contributed by atoms with van der Waals surface area (Å²) in [4.78, 5) is 37.9. The maximum atomic E-state index is 13.2. The highest BCUT2D eigenvalue weighted by atomic mass is 16.5. The molecule has 5 aliphatic carbocycles. The minimum atomic E-state index is -1.13. The molecule has 7 heteroatoms. The summed E-state index contributed by atoms with van der Waals surface area (Å²) in [6.07, 6.45) is 12.2. The number of carbonyl (C=O) groups excluding carboxylic acids is 2. The third-order valence-electron chi connectivity index (χ3n) is 14.5. The lowest BCUT2D eigenvalue weighted by molar-refractivity contribution is -0.219. The molecule has 5 fully saturated rings. The highest BCUT2D eigenvalue weighted by Crippen LogP contribution is 2.72. The van der Waals surface area contributed by atoms with Crippen molar-refractivity contribution in [2.24, 2.45) is 51.2 Å². The zero-order valence-corrected chi connectivity index (χ0v) is 29.1. The second kappa shape index (κ2) is 11.8. The van der Waals surface area contributed by atoms with Gasteiger partial charge in [-0.1, -0.05) is 64.4 Å². The smallest absolute Gasteiger partial charge is 0.315 e. The van der Waals surface area contributed by atoms with Gasteiger partial charge in [0.15, 0.2) is 0 Å². The maximum absolute atomic E-state index is 13.2. The number of nitrogens with one attached hydrogen (secondary N) is 2. The topological polar surface area (TPSA) is 105 Å². The number of carboxylic acid groups (broad SMARTS) is 1. The summed E-state index contributed by atoms with van der Waals surface area (Å²) in [6.45, 7) is 13.5. The van der Waals surface area contributed by atoms with Crippen molar-refractivity contribution >= 4 is 18.0 Å². The molecule has 0 heterocycles. The number of fused-ring (bicyclic) bond motifs is 7. The first-order valence-electron chi connectivity index (χ1n) is 18.2. The Balaban J connectivity index is 1.14. The standard InChI is InChI=1S/C39H58N2O5/c1-35(2,33(43)44)23-32(42)46-31-18-21-38(6)29(36(31,3)4)17-20-37(5)27-16-22-39(19-10-13-28(39)26(27)14-15-30(37)38)41-34(45)40-24-25-11-8-7-9-12-25/h7-9,11-12,26-31H,10,13-24H2,1-6H3,(H,43,44)(H2,40,41,45). The number of carbonyl (C=O) groups is 3. The molecular formula is C39H58N2O5. The first kappa shape index (κ1) is 33.3. The van der Waals surface area contributed by atoms with E-state index in [2.05, 4.69) is 50.5 Å². The molecule has 5 aliphatic rings. The molecule has 6 rings (SSSR count). The predicted molar refractivity (Wildman–Crippen MR) is 179 cm³/mol. The molecule has 0 bridgehead atoms. The molecule has 254 valence electrons. The summed E-state index contributed by atoms with van der Waals surface area (Å²) in [5.74, 6) is 1.64. The Morgan fingerprint density at radius 3 is 2.28 bits per heavy atom. The van der Waals surface area contributed by atoms with Crippen LogP contribution in [0.1, 0.15) is 124 Å². The quantitative estimate of drug-likeness (QED) is 0.263. The Morgan fingerprint density at radius 2 is 1.57 bits per heavy atom. The molecule has 9 atom stereocenters. The number of hydrogen-bond donors (Lipinski definition) is 3. The minimum Gasteiger partial charge on any atom is -0.481 e. The monoisotopic (exact) mass is 634 g/mol. The van der Waals surface area contributed by atoms with Gasteiger partial charge in [-0.3, -0.25) is 9.59 Å². The molecule has 0 radical (unpaired) electrons. The van der Waals surface area contributed by atoms with E-state index in [4.69, 9.17) is 4.74 Å². The second-order valence-electron chi connectivity index (χ2n) is 17.7. The van der Waals surface area contributed by atoms with Gasteiger partial charge in [0.1, 0.15) is 6.10 Å². The number of aliphatic carboxylic acids is 1. The van der Waals surface area contributed by atoms with Gasteiger partial charge >= 0.3 is 18.0 Å². The first-order valence-corrected chi connectivity index (χ1v) is 18.2. The van der Waals surface area contributed by atoms with Crippen molar-refractivity contribution in [1.82, 2.24) is 10.6 Å². The number of urea groups is 1. The summed E-state index contributed by atoms with van der Waals surface area (Å²) in [5, 5.41) is 16.2. The molecule has 5 saturated carbocycles. The highest BCUT2D eigenvalue weighted by molar-refractivity contribution is 5.81. The fourth-order valence-corrected chi connectivity index (χ4v) is 12.3. The van der Waals surface area contributed by atoms with Crippen LogP contribution < -0.4 is 10.6 Å². The number of carboxylic acids is 1. The molecule has 7 nitrogen and oxygen atoms in total. The molecule has 0 aliphatic heterocycles. The van der Waals surface area contributed by atoms with Gasteiger partial charge in [0.05, 0.1) is 11.8 Å². The summed E-state index contributed by atoms with van der Waals surface area (Å²) in [5.41, 5.74) is 0.209. The lowest BCUT2D eigenvalue weighted by Crippen LogP contribution is -2.65. The van der Waals surface area contributed by atoms with E-state index < -0.39 is 11.4 Å². The van der Waals surface area contributed by atoms with Gasteiger partial charge in [0.2, 0.25) is 0 Å². The molecule has 0 spiro atoms. The van der Waals surface area contributed by atoms with Gasteiger partial charge in [-0.25, -0.2) is 4.79 Å². The average Bonchev–Trinajstić information content (AvgIpc) is 3.41. The maximum Gasteiger partial charge on any atom is 0.315 e. The van der Waals surface area contributed by atoms with Gasteiger partial charge in [-0.2, -0.15) is 0 Å². The van der Waals surface area contributed by atoms with E-state index >= 15 is 0 Å². The van der Waals surface area contributed by atoms with Gasteiger partial charge in [-0.05, 0) is 124 Å². The summed E-state index contributed by atoms with van der Waals surface area (Å²) in [6, 6.07) is 10.1. The lowest BCUT2D eigenvalue weighted by atomic mass is 9.36. The van der Waals surface area contributed by atoms with Crippen LogP contribution in [0, 0.1) is 51.2 Å². The normalized spacial score (nSPS) is 39.5. The van der Waals surface area contributed by atoms with Crippen molar-refractivity contribution in [3.8, 4) is 0 Å². The predicted octanol–water partition coefficient (Wildman–Crippen LogP) is 8.12. The van der Waals surface area contributed by atoms with Crippen LogP contribution in [0.3, 0.4) is 0 Å². The van der Waals surface area contributed by atoms with E-state index in [1.807, 2.05) is 18.2 Å². The van der Waals surface area contributed by atoms with E-state index in [9.17, 15) is 19.5 Å². The Kier molecular flexibility index (Phi) is 8.58. The SMILES string of the molecule is CC(C)(CC(=O)OC1CCC2(C)C(CCC3(C)C4CCC5(NC(=O)NCc6ccccc6)CCCC5C4CCC32)C1(C)C)C(=O)O. The van der Waals surface area contributed by atoms with Crippen LogP contribution in [0.4, 0.5) is 4.79 Å². The third kappa shape index (κ3) is 5.55. The van der Waals surface area contributed by atoms with Crippen LogP contribution in [0.15, 0.2) is 30.3 Å². The zero-order chi connectivity index (χ0) is 33.1. The van der Waals surface area contributed by atoms with E-state index in [0.717, 1.165) is 37.7 Å². The average molecular weight is 635 g/mol. The fraction of sp³-hybridized carbons (Fsp3) is 0.769. The van der Waals surface area contributed by atoms with Crippen molar-refractivity contribution in [1.29, 1.82) is 0 Å². The molecule has 46 heavy (non-hydrogen) atoms. The van der Waals surface area contributed by atoms with Crippen LogP contribution in [-0.2, 0) is 20.9 Å². The second-order valence-corrected chi connectivity index (χ2v) is 17.7. The molecule has 1 aromatic rings. The number of benzene rings is 1. The van der Waals surface area contributed by atoms with Gasteiger partial charge in [0.25, 0.3) is 0 Å². The van der Waals surface area contributed by atoms with Crippen molar-refractivity contribution in [2.75, 3.05) is 0 Å². The van der Waals surface area contributed by atoms with Crippen LogP contribution in [-0.4, -0.2) is 34.7 Å². The van der Waals surface area contributed by atoms with Crippen LogP contribution in [0.2, 0.25) is 0 Å². The molecule has 9 unspecified atom stereocenters.